The summed E-state index contributed by atoms with van der Waals surface area (Å²) < 4.78 is 4.98. The molecule has 0 unspecified atom stereocenters. The zero-order valence-corrected chi connectivity index (χ0v) is 9.09. The van der Waals surface area contributed by atoms with E-state index in [9.17, 15) is 0 Å². The van der Waals surface area contributed by atoms with Gasteiger partial charge in [-0.05, 0) is 0 Å². The van der Waals surface area contributed by atoms with Gasteiger partial charge < -0.3 is 4.42 Å². The zero-order valence-electron chi connectivity index (χ0n) is 9.09. The first-order valence-corrected chi connectivity index (χ1v) is 4.69. The largest absolute Gasteiger partial charge is 0.448 e. The number of rotatable bonds is 1. The van der Waals surface area contributed by atoms with Crippen LogP contribution in [0.1, 0.15) is 53.2 Å². The molecular formula is C10H21NO. The summed E-state index contributed by atoms with van der Waals surface area (Å²) in [6, 6.07) is 0. The molecule has 2 heteroatoms. The first-order valence-electron chi connectivity index (χ1n) is 4.69. The second-order valence-electron chi connectivity index (χ2n) is 2.06. The second-order valence-corrected chi connectivity index (χ2v) is 2.06. The van der Waals surface area contributed by atoms with Crippen molar-refractivity contribution in [3.8, 4) is 0 Å². The number of oxazole rings is 1. The molecular weight excluding hydrogens is 150 g/mol. The van der Waals surface area contributed by atoms with Crippen molar-refractivity contribution in [2.45, 2.75) is 47.5 Å². The van der Waals surface area contributed by atoms with Crippen LogP contribution in [0.2, 0.25) is 0 Å². The van der Waals surface area contributed by atoms with Gasteiger partial charge >= 0.3 is 0 Å². The summed E-state index contributed by atoms with van der Waals surface area (Å²) in [5.74, 6) is 1.41. The second kappa shape index (κ2) is 10.2. The Morgan fingerprint density at radius 2 is 1.67 bits per heavy atom. The maximum Gasteiger partial charge on any atom is 0.180 e. The smallest absolute Gasteiger partial charge is 0.180 e. The Hall–Kier alpha value is -0.790. The normalized spacial score (nSPS) is 7.92. The molecule has 0 aromatic carbocycles. The standard InChI is InChI=1S/C6H9NO.2C2H6/c1-5(2)6-3-7-4-8-6;2*1-2/h3-5H,1-2H3;2*1-2H3. The SMILES string of the molecule is CC.CC.CC(C)c1cnco1. The van der Waals surface area contributed by atoms with Gasteiger partial charge in [0.25, 0.3) is 0 Å². The molecule has 0 saturated carbocycles. The van der Waals surface area contributed by atoms with Gasteiger partial charge in [0.2, 0.25) is 0 Å². The maximum absolute atomic E-state index is 4.98. The summed E-state index contributed by atoms with van der Waals surface area (Å²) in [4.78, 5) is 3.78. The Kier molecular flexibility index (Phi) is 11.7. The quantitative estimate of drug-likeness (QED) is 0.641. The van der Waals surface area contributed by atoms with Gasteiger partial charge in [-0.15, -0.1) is 0 Å². The summed E-state index contributed by atoms with van der Waals surface area (Å²) in [5, 5.41) is 0. The zero-order chi connectivity index (χ0) is 9.98. The predicted octanol–water partition coefficient (Wildman–Crippen LogP) is 3.85. The van der Waals surface area contributed by atoms with Crippen molar-refractivity contribution in [3.05, 3.63) is 18.4 Å². The highest BCUT2D eigenvalue weighted by atomic mass is 16.3. The van der Waals surface area contributed by atoms with Crippen molar-refractivity contribution in [1.29, 1.82) is 0 Å². The van der Waals surface area contributed by atoms with Crippen LogP contribution in [0.25, 0.3) is 0 Å². The van der Waals surface area contributed by atoms with Crippen molar-refractivity contribution < 1.29 is 4.42 Å². The van der Waals surface area contributed by atoms with E-state index in [1.165, 1.54) is 6.39 Å². The number of nitrogens with zero attached hydrogens (tertiary/aromatic N) is 1. The molecule has 1 rings (SSSR count). The fourth-order valence-electron chi connectivity index (χ4n) is 0.511. The van der Waals surface area contributed by atoms with Gasteiger partial charge in [0.15, 0.2) is 6.39 Å². The van der Waals surface area contributed by atoms with Gasteiger partial charge in [-0.2, -0.15) is 0 Å². The Bertz CT molecular complexity index is 145. The van der Waals surface area contributed by atoms with Crippen molar-refractivity contribution in [2.24, 2.45) is 0 Å². The fraction of sp³-hybridized carbons (Fsp3) is 0.700. The lowest BCUT2D eigenvalue weighted by molar-refractivity contribution is 0.482. The fourth-order valence-corrected chi connectivity index (χ4v) is 0.511. The molecule has 1 aromatic heterocycles. The molecule has 12 heavy (non-hydrogen) atoms. The third kappa shape index (κ3) is 5.96. The van der Waals surface area contributed by atoms with E-state index < -0.39 is 0 Å². The van der Waals surface area contributed by atoms with E-state index >= 15 is 0 Å². The molecule has 72 valence electrons. The first kappa shape index (κ1) is 13.8. The Morgan fingerprint density at radius 3 is 1.83 bits per heavy atom. The van der Waals surface area contributed by atoms with Crippen LogP contribution in [-0.4, -0.2) is 4.98 Å². The molecule has 0 aliphatic heterocycles. The molecule has 1 heterocycles. The van der Waals surface area contributed by atoms with Gasteiger partial charge in [-0.25, -0.2) is 4.98 Å². The Labute approximate surface area is 76.0 Å². The molecule has 1 aromatic rings. The van der Waals surface area contributed by atoms with Crippen LogP contribution in [0.5, 0.6) is 0 Å². The number of aromatic nitrogens is 1. The molecule has 0 amide bonds. The van der Waals surface area contributed by atoms with Gasteiger partial charge in [-0.3, -0.25) is 0 Å². The molecule has 0 atom stereocenters. The van der Waals surface area contributed by atoms with E-state index in [1.54, 1.807) is 6.20 Å². The summed E-state index contributed by atoms with van der Waals surface area (Å²) in [6.07, 6.45) is 3.19. The van der Waals surface area contributed by atoms with Crippen LogP contribution >= 0.6 is 0 Å². The topological polar surface area (TPSA) is 26.0 Å². The van der Waals surface area contributed by atoms with Crippen LogP contribution in [0.3, 0.4) is 0 Å². The van der Waals surface area contributed by atoms with Gasteiger partial charge in [0.1, 0.15) is 5.76 Å². The average molecular weight is 171 g/mol. The van der Waals surface area contributed by atoms with E-state index in [2.05, 4.69) is 18.8 Å². The van der Waals surface area contributed by atoms with Crippen molar-refractivity contribution >= 4 is 0 Å². The predicted molar refractivity (Wildman–Crippen MR) is 53.3 cm³/mol. The Morgan fingerprint density at radius 1 is 1.17 bits per heavy atom. The third-order valence-electron chi connectivity index (χ3n) is 1.02. The van der Waals surface area contributed by atoms with E-state index in [0.29, 0.717) is 5.92 Å². The molecule has 0 aliphatic carbocycles. The molecule has 0 aliphatic rings. The van der Waals surface area contributed by atoms with Crippen LogP contribution in [-0.2, 0) is 0 Å². The number of hydrogen-bond acceptors (Lipinski definition) is 2. The van der Waals surface area contributed by atoms with E-state index in [0.717, 1.165) is 5.76 Å². The van der Waals surface area contributed by atoms with Crippen molar-refractivity contribution in [3.63, 3.8) is 0 Å². The van der Waals surface area contributed by atoms with Crippen molar-refractivity contribution in [1.82, 2.24) is 4.98 Å². The first-order chi connectivity index (χ1) is 5.80. The molecule has 0 fully saturated rings. The number of hydrogen-bond donors (Lipinski definition) is 0. The molecule has 0 spiro atoms. The Balaban J connectivity index is 0. The van der Waals surface area contributed by atoms with Crippen LogP contribution < -0.4 is 0 Å². The van der Waals surface area contributed by atoms with Gasteiger partial charge in [0, 0.05) is 5.92 Å². The molecule has 0 radical (unpaired) electrons. The van der Waals surface area contributed by atoms with Crippen LogP contribution in [0, 0.1) is 0 Å². The lowest BCUT2D eigenvalue weighted by Crippen LogP contribution is -1.79. The van der Waals surface area contributed by atoms with Crippen LogP contribution in [0.15, 0.2) is 17.0 Å². The minimum absolute atomic E-state index is 0.456. The van der Waals surface area contributed by atoms with Crippen molar-refractivity contribution in [2.75, 3.05) is 0 Å². The summed E-state index contributed by atoms with van der Waals surface area (Å²) in [7, 11) is 0. The van der Waals surface area contributed by atoms with Gasteiger partial charge in [0.05, 0.1) is 6.20 Å². The summed E-state index contributed by atoms with van der Waals surface area (Å²) >= 11 is 0. The summed E-state index contributed by atoms with van der Waals surface area (Å²) in [6.45, 7) is 12.1. The lowest BCUT2D eigenvalue weighted by atomic mass is 10.2. The van der Waals surface area contributed by atoms with Crippen LogP contribution in [0.4, 0.5) is 0 Å². The van der Waals surface area contributed by atoms with E-state index in [1.807, 2.05) is 27.7 Å². The molecule has 0 N–H and O–H groups in total. The molecule has 2 nitrogen and oxygen atoms in total. The van der Waals surface area contributed by atoms with E-state index in [-0.39, 0.29) is 0 Å². The maximum atomic E-state index is 4.98. The lowest BCUT2D eigenvalue weighted by Gasteiger charge is -1.93. The third-order valence-corrected chi connectivity index (χ3v) is 1.02. The highest BCUT2D eigenvalue weighted by molar-refractivity contribution is 4.93. The molecule has 0 saturated heterocycles. The minimum atomic E-state index is 0.456. The highest BCUT2D eigenvalue weighted by Gasteiger charge is 1.99. The highest BCUT2D eigenvalue weighted by Crippen LogP contribution is 2.10. The average Bonchev–Trinajstić information content (AvgIpc) is 2.64. The minimum Gasteiger partial charge on any atom is -0.448 e. The van der Waals surface area contributed by atoms with E-state index in [4.69, 9.17) is 4.42 Å². The molecule has 0 bridgehead atoms. The summed E-state index contributed by atoms with van der Waals surface area (Å²) in [5.41, 5.74) is 0. The monoisotopic (exact) mass is 171 g/mol. The van der Waals surface area contributed by atoms with Gasteiger partial charge in [-0.1, -0.05) is 41.5 Å².